The Balaban J connectivity index is 1.40. The number of rotatable bonds is 9. The van der Waals surface area contributed by atoms with Gasteiger partial charge >= 0.3 is 0 Å². The number of aryl methyl sites for hydroxylation is 1. The van der Waals surface area contributed by atoms with Gasteiger partial charge in [0.25, 0.3) is 0 Å². The first kappa shape index (κ1) is 24.9. The Labute approximate surface area is 193 Å². The average Bonchev–Trinajstić information content (AvgIpc) is 2.78. The zero-order valence-corrected chi connectivity index (χ0v) is 20.9. The number of benzene rings is 1. The van der Waals surface area contributed by atoms with E-state index in [9.17, 15) is 13.2 Å². The molecule has 0 unspecified atom stereocenters. The van der Waals surface area contributed by atoms with Gasteiger partial charge in [0.15, 0.2) is 0 Å². The molecule has 0 spiro atoms. The van der Waals surface area contributed by atoms with Gasteiger partial charge < -0.3 is 0 Å². The molecule has 1 heterocycles. The molecule has 1 saturated heterocycles. The van der Waals surface area contributed by atoms with E-state index in [1.807, 2.05) is 0 Å². The summed E-state index contributed by atoms with van der Waals surface area (Å²) in [6.45, 7) is 2.28. The highest BCUT2D eigenvalue weighted by atomic mass is 35.5. The maximum atomic E-state index is 14.1. The van der Waals surface area contributed by atoms with Crippen molar-refractivity contribution in [2.75, 3.05) is 0 Å². The van der Waals surface area contributed by atoms with Crippen molar-refractivity contribution in [3.05, 3.63) is 40.4 Å². The third kappa shape index (κ3) is 7.12. The van der Waals surface area contributed by atoms with Crippen molar-refractivity contribution in [3.8, 4) is 0 Å². The Morgan fingerprint density at radius 1 is 0.968 bits per heavy atom. The van der Waals surface area contributed by atoms with E-state index in [-0.39, 0.29) is 0 Å². The van der Waals surface area contributed by atoms with E-state index in [1.54, 1.807) is 0 Å². The molecule has 0 radical (unpaired) electrons. The van der Waals surface area contributed by atoms with Crippen molar-refractivity contribution in [2.24, 2.45) is 11.8 Å². The van der Waals surface area contributed by atoms with Crippen LogP contribution in [0.25, 0.3) is 5.83 Å². The molecule has 0 N–H and O–H groups in total. The standard InChI is InChI=1S/C26H38ClF3Si/c1-2-3-4-5-19-8-10-22(11-9-19)31-14-12-20(13-15-31)6-7-21-16-23(28)26(24(29)17-21)25(30)18-27/h16-20,22,31H,2-15H2,1H3/t19-,20?,22-,31?. The SMILES string of the molecule is CCCCC[C@H]1CC[C@H]([SiH]2CCC(CCc3cc(F)c(C(F)=CCl)c(F)c3)CC2)CC1. The summed E-state index contributed by atoms with van der Waals surface area (Å²) in [4.78, 5) is 0. The first-order valence-corrected chi connectivity index (χ1v) is 15.2. The summed E-state index contributed by atoms with van der Waals surface area (Å²) < 4.78 is 41.8. The summed E-state index contributed by atoms with van der Waals surface area (Å²) >= 11 is 5.27. The first-order valence-electron chi connectivity index (χ1n) is 12.5. The van der Waals surface area contributed by atoms with Gasteiger partial charge in [0.05, 0.1) is 5.56 Å². The van der Waals surface area contributed by atoms with Crippen molar-refractivity contribution in [1.82, 2.24) is 0 Å². The molecular formula is C26H38ClF3Si. The highest BCUT2D eigenvalue weighted by molar-refractivity contribution is 6.60. The van der Waals surface area contributed by atoms with E-state index in [2.05, 4.69) is 6.92 Å². The van der Waals surface area contributed by atoms with E-state index in [0.717, 1.165) is 17.9 Å². The van der Waals surface area contributed by atoms with Crippen LogP contribution in [0.4, 0.5) is 13.2 Å². The van der Waals surface area contributed by atoms with Crippen LogP contribution in [0.2, 0.25) is 17.6 Å². The molecule has 1 saturated carbocycles. The lowest BCUT2D eigenvalue weighted by Gasteiger charge is -2.37. The Bertz CT molecular complexity index is 696. The molecule has 174 valence electrons. The maximum absolute atomic E-state index is 14.1. The molecule has 31 heavy (non-hydrogen) atoms. The molecule has 1 aliphatic heterocycles. The fourth-order valence-electron chi connectivity index (χ4n) is 6.00. The second-order valence-corrected chi connectivity index (χ2v) is 13.8. The molecule has 0 bridgehead atoms. The molecule has 2 aliphatic rings. The quantitative estimate of drug-likeness (QED) is 0.249. The van der Waals surface area contributed by atoms with Crippen LogP contribution in [0.1, 0.15) is 88.7 Å². The lowest BCUT2D eigenvalue weighted by atomic mass is 9.85. The van der Waals surface area contributed by atoms with Crippen LogP contribution >= 0.6 is 11.6 Å². The van der Waals surface area contributed by atoms with Crippen molar-refractivity contribution >= 4 is 26.2 Å². The van der Waals surface area contributed by atoms with Crippen LogP contribution in [-0.2, 0) is 6.42 Å². The molecule has 0 atom stereocenters. The van der Waals surface area contributed by atoms with Crippen LogP contribution < -0.4 is 0 Å². The van der Waals surface area contributed by atoms with Gasteiger partial charge in [0.2, 0.25) is 0 Å². The third-order valence-corrected chi connectivity index (χ3v) is 12.3. The minimum absolute atomic E-state index is 0.572. The second kappa shape index (κ2) is 12.5. The Morgan fingerprint density at radius 3 is 2.16 bits per heavy atom. The van der Waals surface area contributed by atoms with E-state index in [1.165, 1.54) is 88.4 Å². The van der Waals surface area contributed by atoms with Crippen molar-refractivity contribution in [3.63, 3.8) is 0 Å². The van der Waals surface area contributed by atoms with Gasteiger partial charge in [-0.05, 0) is 47.9 Å². The highest BCUT2D eigenvalue weighted by Crippen LogP contribution is 2.42. The lowest BCUT2D eigenvalue weighted by Crippen LogP contribution is -2.29. The predicted molar refractivity (Wildman–Crippen MR) is 129 cm³/mol. The van der Waals surface area contributed by atoms with Crippen LogP contribution in [0.15, 0.2) is 17.7 Å². The average molecular weight is 471 g/mol. The number of unbranched alkanes of at least 4 members (excludes halogenated alkanes) is 2. The molecule has 5 heteroatoms. The molecule has 1 aromatic rings. The molecule has 0 nitrogen and oxygen atoms in total. The summed E-state index contributed by atoms with van der Waals surface area (Å²) in [5.74, 6) is -1.15. The summed E-state index contributed by atoms with van der Waals surface area (Å²) in [5.41, 5.74) is 1.58. The number of hydrogen-bond acceptors (Lipinski definition) is 0. The minimum Gasteiger partial charge on any atom is -0.206 e. The van der Waals surface area contributed by atoms with Gasteiger partial charge in [-0.1, -0.05) is 94.8 Å². The summed E-state index contributed by atoms with van der Waals surface area (Å²) in [6.07, 6.45) is 15.7. The van der Waals surface area contributed by atoms with Crippen LogP contribution in [-0.4, -0.2) is 8.80 Å². The predicted octanol–water partition coefficient (Wildman–Crippen LogP) is 9.18. The van der Waals surface area contributed by atoms with Gasteiger partial charge in [-0.2, -0.15) is 0 Å². The molecule has 2 fully saturated rings. The van der Waals surface area contributed by atoms with E-state index < -0.39 is 31.8 Å². The summed E-state index contributed by atoms with van der Waals surface area (Å²) in [6, 6.07) is 5.42. The fourth-order valence-corrected chi connectivity index (χ4v) is 10.5. The lowest BCUT2D eigenvalue weighted by molar-refractivity contribution is 0.323. The zero-order valence-electron chi connectivity index (χ0n) is 19.0. The van der Waals surface area contributed by atoms with Crippen LogP contribution in [0, 0.1) is 23.5 Å². The van der Waals surface area contributed by atoms with E-state index in [0.29, 0.717) is 23.4 Å². The smallest absolute Gasteiger partial charge is 0.147 e. The van der Waals surface area contributed by atoms with Gasteiger partial charge in [-0.3, -0.25) is 0 Å². The largest absolute Gasteiger partial charge is 0.206 e. The van der Waals surface area contributed by atoms with Gasteiger partial charge in [0.1, 0.15) is 17.5 Å². The Kier molecular flexibility index (Phi) is 10.0. The highest BCUT2D eigenvalue weighted by Gasteiger charge is 2.31. The first-order chi connectivity index (χ1) is 15.0. The van der Waals surface area contributed by atoms with Gasteiger partial charge in [-0.15, -0.1) is 0 Å². The topological polar surface area (TPSA) is 0 Å². The molecule has 0 aromatic heterocycles. The van der Waals surface area contributed by atoms with Crippen molar-refractivity contribution in [1.29, 1.82) is 0 Å². The molecule has 0 amide bonds. The Hall–Kier alpha value is -0.743. The third-order valence-electron chi connectivity index (χ3n) is 7.94. The monoisotopic (exact) mass is 470 g/mol. The van der Waals surface area contributed by atoms with Crippen LogP contribution in [0.3, 0.4) is 0 Å². The van der Waals surface area contributed by atoms with Crippen molar-refractivity contribution < 1.29 is 13.2 Å². The normalized spacial score (nSPS) is 27.5. The zero-order chi connectivity index (χ0) is 22.2. The summed E-state index contributed by atoms with van der Waals surface area (Å²) in [5, 5.41) is 0. The fraction of sp³-hybridized carbons (Fsp3) is 0.692. The summed E-state index contributed by atoms with van der Waals surface area (Å²) in [7, 11) is -0.624. The number of hydrogen-bond donors (Lipinski definition) is 0. The van der Waals surface area contributed by atoms with Gasteiger partial charge in [0, 0.05) is 14.3 Å². The Morgan fingerprint density at radius 2 is 1.58 bits per heavy atom. The molecule has 3 rings (SSSR count). The van der Waals surface area contributed by atoms with Crippen molar-refractivity contribution in [2.45, 2.75) is 102 Å². The minimum atomic E-state index is -1.07. The number of halogens is 4. The van der Waals surface area contributed by atoms with Crippen LogP contribution in [0.5, 0.6) is 0 Å². The van der Waals surface area contributed by atoms with E-state index in [4.69, 9.17) is 11.6 Å². The second-order valence-electron chi connectivity index (χ2n) is 9.99. The maximum Gasteiger partial charge on any atom is 0.147 e. The molecule has 1 aliphatic carbocycles. The van der Waals surface area contributed by atoms with E-state index >= 15 is 0 Å². The van der Waals surface area contributed by atoms with Gasteiger partial charge in [-0.25, -0.2) is 13.2 Å². The molecule has 1 aromatic carbocycles. The molecular weight excluding hydrogens is 433 g/mol.